The highest BCUT2D eigenvalue weighted by Crippen LogP contribution is 2.23. The van der Waals surface area contributed by atoms with Gasteiger partial charge in [-0.3, -0.25) is 0 Å². The number of aromatic carboxylic acids is 1. The first-order chi connectivity index (χ1) is 8.92. The molecule has 1 aromatic rings. The third-order valence-electron chi connectivity index (χ3n) is 2.46. The van der Waals surface area contributed by atoms with Crippen LogP contribution in [0.4, 0.5) is 0 Å². The van der Waals surface area contributed by atoms with Crippen LogP contribution in [0.5, 0.6) is 5.75 Å². The number of methoxy groups -OCH3 is 1. The van der Waals surface area contributed by atoms with E-state index in [0.717, 1.165) is 6.07 Å². The van der Waals surface area contributed by atoms with E-state index in [1.54, 1.807) is 0 Å². The van der Waals surface area contributed by atoms with Crippen molar-refractivity contribution in [1.29, 1.82) is 5.26 Å². The SMILES string of the molecule is COc1ccc(S(=O)(=O)CCCC#N)cc1C(=O)O. The Morgan fingerprint density at radius 1 is 1.47 bits per heavy atom. The maximum atomic E-state index is 11.9. The van der Waals surface area contributed by atoms with Gasteiger partial charge in [0.1, 0.15) is 11.3 Å². The molecule has 0 heterocycles. The van der Waals surface area contributed by atoms with Gasteiger partial charge in [0.25, 0.3) is 0 Å². The molecule has 1 aromatic carbocycles. The van der Waals surface area contributed by atoms with Crippen LogP contribution in [0, 0.1) is 11.3 Å². The highest BCUT2D eigenvalue weighted by Gasteiger charge is 2.19. The average Bonchev–Trinajstić information content (AvgIpc) is 2.38. The first kappa shape index (κ1) is 15.0. The highest BCUT2D eigenvalue weighted by atomic mass is 32.2. The number of carboxylic acid groups (broad SMARTS) is 1. The van der Waals surface area contributed by atoms with Crippen LogP contribution in [0.25, 0.3) is 0 Å². The Morgan fingerprint density at radius 2 is 2.16 bits per heavy atom. The van der Waals surface area contributed by atoms with Gasteiger partial charge in [-0.2, -0.15) is 5.26 Å². The van der Waals surface area contributed by atoms with Crippen molar-refractivity contribution in [3.8, 4) is 11.8 Å². The fourth-order valence-corrected chi connectivity index (χ4v) is 2.84. The number of hydrogen-bond acceptors (Lipinski definition) is 5. The molecule has 7 heteroatoms. The van der Waals surface area contributed by atoms with E-state index in [4.69, 9.17) is 15.1 Å². The van der Waals surface area contributed by atoms with Crippen molar-refractivity contribution < 1.29 is 23.1 Å². The molecule has 0 saturated carbocycles. The molecule has 0 aliphatic heterocycles. The van der Waals surface area contributed by atoms with E-state index in [1.807, 2.05) is 6.07 Å². The van der Waals surface area contributed by atoms with Crippen molar-refractivity contribution in [3.63, 3.8) is 0 Å². The minimum Gasteiger partial charge on any atom is -0.496 e. The molecule has 0 saturated heterocycles. The number of nitrogens with zero attached hydrogens (tertiary/aromatic N) is 1. The summed E-state index contributed by atoms with van der Waals surface area (Å²) in [6, 6.07) is 5.54. The number of sulfone groups is 1. The van der Waals surface area contributed by atoms with Crippen LogP contribution in [-0.4, -0.2) is 32.4 Å². The lowest BCUT2D eigenvalue weighted by molar-refractivity contribution is 0.0693. The number of carboxylic acids is 1. The van der Waals surface area contributed by atoms with Gasteiger partial charge in [-0.05, 0) is 24.6 Å². The molecule has 0 radical (unpaired) electrons. The summed E-state index contributed by atoms with van der Waals surface area (Å²) in [5, 5.41) is 17.4. The Kier molecular flexibility index (Phi) is 4.89. The van der Waals surface area contributed by atoms with Crippen LogP contribution in [0.2, 0.25) is 0 Å². The number of ether oxygens (including phenoxy) is 1. The first-order valence-electron chi connectivity index (χ1n) is 5.43. The van der Waals surface area contributed by atoms with Crippen molar-refractivity contribution in [2.45, 2.75) is 17.7 Å². The standard InChI is InChI=1S/C12H13NO5S/c1-18-11-5-4-9(8-10(11)12(14)15)19(16,17)7-3-2-6-13/h4-5,8H,2-3,7H2,1H3,(H,14,15). The molecular formula is C12H13NO5S. The van der Waals surface area contributed by atoms with Crippen molar-refractivity contribution in [2.24, 2.45) is 0 Å². The van der Waals surface area contributed by atoms with Crippen LogP contribution >= 0.6 is 0 Å². The second-order valence-corrected chi connectivity index (χ2v) is 5.86. The maximum absolute atomic E-state index is 11.9. The summed E-state index contributed by atoms with van der Waals surface area (Å²) in [5.74, 6) is -1.35. The van der Waals surface area contributed by atoms with Crippen molar-refractivity contribution in [2.75, 3.05) is 12.9 Å². The molecule has 0 aliphatic carbocycles. The Bertz CT molecular complexity index is 615. The largest absolute Gasteiger partial charge is 0.496 e. The Balaban J connectivity index is 3.12. The molecule has 0 unspecified atom stereocenters. The molecule has 19 heavy (non-hydrogen) atoms. The van der Waals surface area contributed by atoms with Crippen LogP contribution in [0.1, 0.15) is 23.2 Å². The number of benzene rings is 1. The summed E-state index contributed by atoms with van der Waals surface area (Å²) >= 11 is 0. The number of nitriles is 1. The second kappa shape index (κ2) is 6.20. The quantitative estimate of drug-likeness (QED) is 0.793. The van der Waals surface area contributed by atoms with E-state index in [0.29, 0.717) is 0 Å². The van der Waals surface area contributed by atoms with E-state index < -0.39 is 15.8 Å². The molecule has 0 atom stereocenters. The van der Waals surface area contributed by atoms with Gasteiger partial charge in [0.2, 0.25) is 0 Å². The predicted molar refractivity (Wildman–Crippen MR) is 66.9 cm³/mol. The number of hydrogen-bond donors (Lipinski definition) is 1. The summed E-state index contributed by atoms with van der Waals surface area (Å²) in [4.78, 5) is 10.9. The summed E-state index contributed by atoms with van der Waals surface area (Å²) < 4.78 is 28.7. The smallest absolute Gasteiger partial charge is 0.339 e. The zero-order valence-corrected chi connectivity index (χ0v) is 11.1. The van der Waals surface area contributed by atoms with Gasteiger partial charge >= 0.3 is 5.97 Å². The monoisotopic (exact) mass is 283 g/mol. The molecule has 0 amide bonds. The molecule has 0 aliphatic rings. The summed E-state index contributed by atoms with van der Waals surface area (Å²) in [7, 11) is -2.28. The molecular weight excluding hydrogens is 270 g/mol. The van der Waals surface area contributed by atoms with Gasteiger partial charge in [-0.25, -0.2) is 13.2 Å². The Labute approximate surface area is 111 Å². The molecule has 1 rings (SSSR count). The molecule has 0 bridgehead atoms. The lowest BCUT2D eigenvalue weighted by Crippen LogP contribution is -2.09. The van der Waals surface area contributed by atoms with Gasteiger partial charge in [0.05, 0.1) is 23.8 Å². The number of unbranched alkanes of at least 4 members (excludes halogenated alkanes) is 1. The molecule has 0 aromatic heterocycles. The molecule has 1 N–H and O–H groups in total. The van der Waals surface area contributed by atoms with Crippen LogP contribution in [0.15, 0.2) is 23.1 Å². The van der Waals surface area contributed by atoms with Crippen molar-refractivity contribution in [3.05, 3.63) is 23.8 Å². The topological polar surface area (TPSA) is 104 Å². The average molecular weight is 283 g/mol. The third-order valence-corrected chi connectivity index (χ3v) is 4.26. The van der Waals surface area contributed by atoms with Gasteiger partial charge in [0, 0.05) is 6.42 Å². The van der Waals surface area contributed by atoms with Gasteiger partial charge in [0.15, 0.2) is 9.84 Å². The van der Waals surface area contributed by atoms with E-state index in [1.165, 1.54) is 19.2 Å². The molecule has 6 nitrogen and oxygen atoms in total. The molecule has 102 valence electrons. The predicted octanol–water partition coefficient (Wildman–Crippen LogP) is 1.47. The van der Waals surface area contributed by atoms with Crippen LogP contribution in [-0.2, 0) is 9.84 Å². The Hall–Kier alpha value is -2.07. The first-order valence-corrected chi connectivity index (χ1v) is 7.08. The van der Waals surface area contributed by atoms with Crippen molar-refractivity contribution >= 4 is 15.8 Å². The van der Waals surface area contributed by atoms with E-state index in [2.05, 4.69) is 0 Å². The van der Waals surface area contributed by atoms with Gasteiger partial charge < -0.3 is 9.84 Å². The lowest BCUT2D eigenvalue weighted by Gasteiger charge is -2.08. The maximum Gasteiger partial charge on any atom is 0.339 e. The molecule has 0 spiro atoms. The third kappa shape index (κ3) is 3.69. The Morgan fingerprint density at radius 3 is 2.68 bits per heavy atom. The van der Waals surface area contributed by atoms with E-state index >= 15 is 0 Å². The van der Waals surface area contributed by atoms with E-state index in [9.17, 15) is 13.2 Å². The zero-order chi connectivity index (χ0) is 14.5. The lowest BCUT2D eigenvalue weighted by atomic mass is 10.2. The number of carbonyl (C=O) groups is 1. The number of rotatable bonds is 6. The van der Waals surface area contributed by atoms with E-state index in [-0.39, 0.29) is 34.8 Å². The summed E-state index contributed by atoms with van der Waals surface area (Å²) in [5.41, 5.74) is -0.205. The van der Waals surface area contributed by atoms with Gasteiger partial charge in [-0.1, -0.05) is 0 Å². The zero-order valence-electron chi connectivity index (χ0n) is 10.3. The minimum atomic E-state index is -3.58. The van der Waals surface area contributed by atoms with Crippen LogP contribution < -0.4 is 4.74 Å². The normalized spacial score (nSPS) is 10.7. The fraction of sp³-hybridized carbons (Fsp3) is 0.333. The summed E-state index contributed by atoms with van der Waals surface area (Å²) in [6.45, 7) is 0. The van der Waals surface area contributed by atoms with Gasteiger partial charge in [-0.15, -0.1) is 0 Å². The molecule has 0 fully saturated rings. The summed E-state index contributed by atoms with van der Waals surface area (Å²) in [6.07, 6.45) is 0.356. The minimum absolute atomic E-state index is 0.0800. The van der Waals surface area contributed by atoms with Crippen LogP contribution in [0.3, 0.4) is 0 Å². The highest BCUT2D eigenvalue weighted by molar-refractivity contribution is 7.91. The fourth-order valence-electron chi connectivity index (χ4n) is 1.51. The van der Waals surface area contributed by atoms with Crippen molar-refractivity contribution in [1.82, 2.24) is 0 Å². The second-order valence-electron chi connectivity index (χ2n) is 3.75.